The van der Waals surface area contributed by atoms with Crippen LogP contribution in [0.2, 0.25) is 0 Å². The lowest BCUT2D eigenvalue weighted by molar-refractivity contribution is -0.137. The Morgan fingerprint density at radius 1 is 1.12 bits per heavy atom. The number of carbonyl (C=O) groups is 2. The van der Waals surface area contributed by atoms with Crippen LogP contribution >= 0.6 is 0 Å². The molecule has 4 rings (SSSR count). The van der Waals surface area contributed by atoms with Crippen molar-refractivity contribution in [2.24, 2.45) is 0 Å². The van der Waals surface area contributed by atoms with Crippen molar-refractivity contribution in [2.75, 3.05) is 32.8 Å². The van der Waals surface area contributed by atoms with Gasteiger partial charge in [-0.1, -0.05) is 12.1 Å². The van der Waals surface area contributed by atoms with Crippen LogP contribution in [0, 0.1) is 12.7 Å². The minimum Gasteiger partial charge on any atom is -0.378 e. The summed E-state index contributed by atoms with van der Waals surface area (Å²) in [4.78, 5) is 39.1. The van der Waals surface area contributed by atoms with Crippen LogP contribution < -0.4 is 0 Å². The van der Waals surface area contributed by atoms with Gasteiger partial charge in [-0.2, -0.15) is 0 Å². The highest BCUT2D eigenvalue weighted by molar-refractivity contribution is 5.95. The standard InChI is InChI=1S/C24H29FN4O3/c1-16-19(22(30)28-11-13-32-14-12-28)15-26-21(27-16)20-5-4-10-29(20)23(31)24(2,3)17-6-8-18(25)9-7-17/h6-9,15,20H,4-5,10-14H2,1-3H3. The Bertz CT molecular complexity index is 1000. The second kappa shape index (κ2) is 8.94. The highest BCUT2D eigenvalue weighted by atomic mass is 19.1. The van der Waals surface area contributed by atoms with E-state index < -0.39 is 5.41 Å². The molecule has 0 saturated carbocycles. The number of carbonyl (C=O) groups excluding carboxylic acids is 2. The minimum absolute atomic E-state index is 0.0404. The monoisotopic (exact) mass is 440 g/mol. The summed E-state index contributed by atoms with van der Waals surface area (Å²) in [5.74, 6) is 0.101. The number of ether oxygens (including phenoxy) is 1. The molecule has 0 N–H and O–H groups in total. The third kappa shape index (κ3) is 4.24. The summed E-state index contributed by atoms with van der Waals surface area (Å²) in [5.41, 5.74) is 1.05. The van der Waals surface area contributed by atoms with E-state index in [4.69, 9.17) is 4.74 Å². The van der Waals surface area contributed by atoms with Crippen LogP contribution in [0.5, 0.6) is 0 Å². The Morgan fingerprint density at radius 3 is 2.47 bits per heavy atom. The number of benzene rings is 1. The number of halogens is 1. The lowest BCUT2D eigenvalue weighted by Gasteiger charge is -2.33. The zero-order valence-electron chi connectivity index (χ0n) is 18.8. The Morgan fingerprint density at radius 2 is 1.81 bits per heavy atom. The fourth-order valence-electron chi connectivity index (χ4n) is 4.42. The molecule has 32 heavy (non-hydrogen) atoms. The van der Waals surface area contributed by atoms with Gasteiger partial charge in [0, 0.05) is 25.8 Å². The molecule has 2 saturated heterocycles. The van der Waals surface area contributed by atoms with E-state index in [1.165, 1.54) is 12.1 Å². The van der Waals surface area contributed by atoms with Crippen LogP contribution in [0.15, 0.2) is 30.5 Å². The maximum atomic E-state index is 13.5. The van der Waals surface area contributed by atoms with Crippen molar-refractivity contribution in [2.45, 2.75) is 45.1 Å². The average Bonchev–Trinajstić information content (AvgIpc) is 3.28. The van der Waals surface area contributed by atoms with Crippen LogP contribution in [0.1, 0.15) is 60.2 Å². The van der Waals surface area contributed by atoms with Gasteiger partial charge in [0.05, 0.1) is 35.9 Å². The number of amides is 2. The largest absolute Gasteiger partial charge is 0.378 e. The molecule has 2 aliphatic rings. The summed E-state index contributed by atoms with van der Waals surface area (Å²) >= 11 is 0. The highest BCUT2D eigenvalue weighted by Crippen LogP contribution is 2.35. The average molecular weight is 441 g/mol. The molecule has 0 spiro atoms. The first-order valence-electron chi connectivity index (χ1n) is 11.1. The van der Waals surface area contributed by atoms with Crippen molar-refractivity contribution >= 4 is 11.8 Å². The summed E-state index contributed by atoms with van der Waals surface area (Å²) in [7, 11) is 0. The Kier molecular flexibility index (Phi) is 6.24. The van der Waals surface area contributed by atoms with Crippen LogP contribution in [0.4, 0.5) is 4.39 Å². The van der Waals surface area contributed by atoms with Crippen molar-refractivity contribution < 1.29 is 18.7 Å². The van der Waals surface area contributed by atoms with Gasteiger partial charge in [-0.3, -0.25) is 9.59 Å². The van der Waals surface area contributed by atoms with E-state index in [-0.39, 0.29) is 23.7 Å². The predicted molar refractivity (Wildman–Crippen MR) is 117 cm³/mol. The number of hydrogen-bond donors (Lipinski definition) is 0. The van der Waals surface area contributed by atoms with E-state index in [2.05, 4.69) is 9.97 Å². The molecule has 1 aromatic heterocycles. The smallest absolute Gasteiger partial charge is 0.257 e. The van der Waals surface area contributed by atoms with Gasteiger partial charge in [0.15, 0.2) is 5.82 Å². The fraction of sp³-hybridized carbons (Fsp3) is 0.500. The second-order valence-electron chi connectivity index (χ2n) is 8.92. The Balaban J connectivity index is 1.55. The van der Waals surface area contributed by atoms with E-state index in [0.29, 0.717) is 49.9 Å². The highest BCUT2D eigenvalue weighted by Gasteiger charge is 2.40. The number of rotatable bonds is 4. The molecule has 7 nitrogen and oxygen atoms in total. The van der Waals surface area contributed by atoms with Crippen LogP contribution in [-0.4, -0.2) is 64.4 Å². The van der Waals surface area contributed by atoms with E-state index in [1.807, 2.05) is 25.7 Å². The van der Waals surface area contributed by atoms with E-state index in [0.717, 1.165) is 18.4 Å². The number of aryl methyl sites for hydroxylation is 1. The number of hydrogen-bond acceptors (Lipinski definition) is 5. The van der Waals surface area contributed by atoms with Gasteiger partial charge < -0.3 is 14.5 Å². The SMILES string of the molecule is Cc1nc(C2CCCN2C(=O)C(C)(C)c2ccc(F)cc2)ncc1C(=O)N1CCOCC1. The van der Waals surface area contributed by atoms with Gasteiger partial charge in [-0.05, 0) is 51.3 Å². The summed E-state index contributed by atoms with van der Waals surface area (Å²) in [5, 5.41) is 0. The summed E-state index contributed by atoms with van der Waals surface area (Å²) in [6.07, 6.45) is 3.20. The summed E-state index contributed by atoms with van der Waals surface area (Å²) in [6, 6.07) is 5.83. The molecule has 1 aromatic carbocycles. The molecule has 0 aliphatic carbocycles. The van der Waals surface area contributed by atoms with Crippen molar-refractivity contribution in [1.82, 2.24) is 19.8 Å². The van der Waals surface area contributed by atoms with Gasteiger partial charge >= 0.3 is 0 Å². The molecule has 0 radical (unpaired) electrons. The number of likely N-dealkylation sites (tertiary alicyclic amines) is 1. The predicted octanol–water partition coefficient (Wildman–Crippen LogP) is 3.04. The van der Waals surface area contributed by atoms with Gasteiger partial charge in [0.1, 0.15) is 5.82 Å². The first-order chi connectivity index (χ1) is 15.3. The maximum absolute atomic E-state index is 13.5. The number of nitrogens with zero attached hydrogens (tertiary/aromatic N) is 4. The molecule has 2 amide bonds. The van der Waals surface area contributed by atoms with Gasteiger partial charge in [-0.15, -0.1) is 0 Å². The first kappa shape index (κ1) is 22.3. The fourth-order valence-corrected chi connectivity index (χ4v) is 4.42. The Labute approximate surface area is 187 Å². The molecule has 2 aliphatic heterocycles. The minimum atomic E-state index is -0.808. The second-order valence-corrected chi connectivity index (χ2v) is 8.92. The molecule has 8 heteroatoms. The van der Waals surface area contributed by atoms with Gasteiger partial charge in [0.2, 0.25) is 5.91 Å². The third-order valence-electron chi connectivity index (χ3n) is 6.44. The van der Waals surface area contributed by atoms with Gasteiger partial charge in [0.25, 0.3) is 5.91 Å². The van der Waals surface area contributed by atoms with Crippen molar-refractivity contribution in [3.05, 3.63) is 58.9 Å². The lowest BCUT2D eigenvalue weighted by Crippen LogP contribution is -2.43. The normalized spacial score (nSPS) is 19.3. The lowest BCUT2D eigenvalue weighted by atomic mass is 9.83. The van der Waals surface area contributed by atoms with E-state index in [1.54, 1.807) is 23.2 Å². The van der Waals surface area contributed by atoms with Crippen LogP contribution in [0.25, 0.3) is 0 Å². The summed E-state index contributed by atoms with van der Waals surface area (Å²) in [6.45, 7) is 8.32. The maximum Gasteiger partial charge on any atom is 0.257 e. The summed E-state index contributed by atoms with van der Waals surface area (Å²) < 4.78 is 18.7. The number of aromatic nitrogens is 2. The van der Waals surface area contributed by atoms with Gasteiger partial charge in [-0.25, -0.2) is 14.4 Å². The molecular formula is C24H29FN4O3. The van der Waals surface area contributed by atoms with Crippen LogP contribution in [0.3, 0.4) is 0 Å². The third-order valence-corrected chi connectivity index (χ3v) is 6.44. The van der Waals surface area contributed by atoms with Crippen molar-refractivity contribution in [1.29, 1.82) is 0 Å². The molecule has 1 unspecified atom stereocenters. The zero-order valence-corrected chi connectivity index (χ0v) is 18.8. The molecule has 0 bridgehead atoms. The van der Waals surface area contributed by atoms with E-state index >= 15 is 0 Å². The zero-order chi connectivity index (χ0) is 22.9. The topological polar surface area (TPSA) is 75.6 Å². The van der Waals surface area contributed by atoms with Crippen molar-refractivity contribution in [3.63, 3.8) is 0 Å². The molecule has 1 atom stereocenters. The van der Waals surface area contributed by atoms with Crippen LogP contribution in [-0.2, 0) is 14.9 Å². The Hall–Kier alpha value is -2.87. The molecule has 2 aromatic rings. The first-order valence-corrected chi connectivity index (χ1v) is 11.1. The van der Waals surface area contributed by atoms with E-state index in [9.17, 15) is 14.0 Å². The molecule has 3 heterocycles. The molecule has 2 fully saturated rings. The quantitative estimate of drug-likeness (QED) is 0.731. The van der Waals surface area contributed by atoms with Crippen molar-refractivity contribution in [3.8, 4) is 0 Å². The number of morpholine rings is 1. The molecule has 170 valence electrons. The molecular weight excluding hydrogens is 411 g/mol.